The van der Waals surface area contributed by atoms with E-state index < -0.39 is 0 Å². The Labute approximate surface area is 147 Å². The summed E-state index contributed by atoms with van der Waals surface area (Å²) < 4.78 is 5.59. The molecule has 1 heterocycles. The summed E-state index contributed by atoms with van der Waals surface area (Å²) in [5.41, 5.74) is 4.41. The van der Waals surface area contributed by atoms with Crippen molar-refractivity contribution in [2.75, 3.05) is 17.7 Å². The Morgan fingerprint density at radius 3 is 2.84 bits per heavy atom. The van der Waals surface area contributed by atoms with Gasteiger partial charge in [-0.2, -0.15) is 0 Å². The molecule has 4 heteroatoms. The zero-order chi connectivity index (χ0) is 17.4. The highest BCUT2D eigenvalue weighted by atomic mass is 16.5. The van der Waals surface area contributed by atoms with E-state index in [1.54, 1.807) is 7.11 Å². The number of para-hydroxylation sites is 1. The predicted molar refractivity (Wildman–Crippen MR) is 100 cm³/mol. The van der Waals surface area contributed by atoms with Gasteiger partial charge in [0.05, 0.1) is 13.2 Å². The first-order valence-electron chi connectivity index (χ1n) is 8.65. The van der Waals surface area contributed by atoms with Gasteiger partial charge in [-0.05, 0) is 42.2 Å². The number of methoxy groups -OCH3 is 1. The smallest absolute Gasteiger partial charge is 0.221 e. The Bertz CT molecular complexity index is 844. The van der Waals surface area contributed by atoms with Gasteiger partial charge in [0.15, 0.2) is 0 Å². The number of allylic oxidation sites excluding steroid dienone is 2. The van der Waals surface area contributed by atoms with Crippen molar-refractivity contribution in [3.8, 4) is 5.75 Å². The summed E-state index contributed by atoms with van der Waals surface area (Å²) in [5, 5.41) is 6.59. The lowest BCUT2D eigenvalue weighted by molar-refractivity contribution is -0.114. The van der Waals surface area contributed by atoms with Crippen LogP contribution in [-0.2, 0) is 4.79 Å². The number of ether oxygens (including phenoxy) is 1. The number of carbonyl (C=O) groups excluding carboxylic acids is 1. The van der Waals surface area contributed by atoms with Crippen molar-refractivity contribution in [3.05, 3.63) is 65.7 Å². The van der Waals surface area contributed by atoms with Gasteiger partial charge in [0, 0.05) is 29.8 Å². The van der Waals surface area contributed by atoms with Gasteiger partial charge in [-0.25, -0.2) is 0 Å². The zero-order valence-corrected chi connectivity index (χ0v) is 14.5. The standard InChI is InChI=1S/C21H22N2O2/c1-13(24)22-14-10-11-19-18(12-14)15-7-5-8-16(15)21(23-19)17-6-3-4-9-20(17)25-2/h3-7,9-12,15-16,21,23H,8H2,1-2H3,(H,22,24). The number of fused-ring (bicyclic) bond motifs is 3. The number of nitrogens with one attached hydrogen (secondary N) is 2. The van der Waals surface area contributed by atoms with Crippen LogP contribution < -0.4 is 15.4 Å². The molecule has 0 saturated heterocycles. The quantitative estimate of drug-likeness (QED) is 0.814. The zero-order valence-electron chi connectivity index (χ0n) is 14.5. The maximum atomic E-state index is 11.4. The van der Waals surface area contributed by atoms with Crippen molar-refractivity contribution in [3.63, 3.8) is 0 Å². The highest BCUT2D eigenvalue weighted by Gasteiger charge is 2.38. The number of amides is 1. The van der Waals surface area contributed by atoms with Crippen molar-refractivity contribution >= 4 is 17.3 Å². The molecule has 0 aromatic heterocycles. The van der Waals surface area contributed by atoms with E-state index in [9.17, 15) is 4.79 Å². The normalized spacial score (nSPS) is 23.4. The number of carbonyl (C=O) groups is 1. The molecule has 0 saturated carbocycles. The summed E-state index contributed by atoms with van der Waals surface area (Å²) in [7, 11) is 1.72. The molecule has 3 unspecified atom stereocenters. The van der Waals surface area contributed by atoms with Crippen LogP contribution in [0.2, 0.25) is 0 Å². The number of hydrogen-bond acceptors (Lipinski definition) is 3. The minimum Gasteiger partial charge on any atom is -0.496 e. The molecule has 0 spiro atoms. The van der Waals surface area contributed by atoms with Gasteiger partial charge < -0.3 is 15.4 Å². The molecule has 25 heavy (non-hydrogen) atoms. The van der Waals surface area contributed by atoms with E-state index in [2.05, 4.69) is 47.1 Å². The van der Waals surface area contributed by atoms with Gasteiger partial charge in [-0.3, -0.25) is 4.79 Å². The summed E-state index contributed by atoms with van der Waals surface area (Å²) in [4.78, 5) is 11.4. The summed E-state index contributed by atoms with van der Waals surface area (Å²) in [6, 6.07) is 14.5. The van der Waals surface area contributed by atoms with Crippen molar-refractivity contribution in [1.29, 1.82) is 0 Å². The van der Waals surface area contributed by atoms with Crippen LogP contribution in [0, 0.1) is 5.92 Å². The van der Waals surface area contributed by atoms with Gasteiger partial charge in [0.1, 0.15) is 5.75 Å². The second-order valence-electron chi connectivity index (χ2n) is 6.70. The molecule has 2 aliphatic rings. The first-order valence-corrected chi connectivity index (χ1v) is 8.65. The maximum absolute atomic E-state index is 11.4. The molecule has 2 aromatic carbocycles. The second-order valence-corrected chi connectivity index (χ2v) is 6.70. The molecule has 4 rings (SSSR count). The minimum atomic E-state index is -0.0471. The van der Waals surface area contributed by atoms with E-state index in [0.29, 0.717) is 11.8 Å². The Balaban J connectivity index is 1.75. The summed E-state index contributed by atoms with van der Waals surface area (Å²) in [6.45, 7) is 1.54. The van der Waals surface area contributed by atoms with E-state index >= 15 is 0 Å². The monoisotopic (exact) mass is 334 g/mol. The van der Waals surface area contributed by atoms with E-state index in [-0.39, 0.29) is 11.9 Å². The third kappa shape index (κ3) is 2.78. The highest BCUT2D eigenvalue weighted by Crippen LogP contribution is 2.51. The lowest BCUT2D eigenvalue weighted by atomic mass is 9.76. The van der Waals surface area contributed by atoms with Crippen LogP contribution in [0.1, 0.15) is 36.4 Å². The Morgan fingerprint density at radius 1 is 1.20 bits per heavy atom. The molecule has 0 radical (unpaired) electrons. The average molecular weight is 334 g/mol. The lowest BCUT2D eigenvalue weighted by Crippen LogP contribution is -2.29. The fourth-order valence-electron chi connectivity index (χ4n) is 4.11. The van der Waals surface area contributed by atoms with Crippen LogP contribution in [0.3, 0.4) is 0 Å². The molecule has 3 atom stereocenters. The minimum absolute atomic E-state index is 0.0471. The first kappa shape index (κ1) is 15.8. The molecule has 0 bridgehead atoms. The predicted octanol–water partition coefficient (Wildman–Crippen LogP) is 4.48. The van der Waals surface area contributed by atoms with Crippen LogP contribution in [0.25, 0.3) is 0 Å². The number of benzene rings is 2. The Morgan fingerprint density at radius 2 is 2.04 bits per heavy atom. The van der Waals surface area contributed by atoms with Crippen LogP contribution in [-0.4, -0.2) is 13.0 Å². The van der Waals surface area contributed by atoms with E-state index in [1.165, 1.54) is 18.1 Å². The molecular formula is C21H22N2O2. The van der Waals surface area contributed by atoms with Crippen LogP contribution in [0.5, 0.6) is 5.75 Å². The average Bonchev–Trinajstić information content (AvgIpc) is 3.11. The number of rotatable bonds is 3. The van der Waals surface area contributed by atoms with E-state index in [0.717, 1.165) is 23.5 Å². The summed E-state index contributed by atoms with van der Waals surface area (Å²) in [5.74, 6) is 1.66. The largest absolute Gasteiger partial charge is 0.496 e. The molecule has 2 aromatic rings. The van der Waals surface area contributed by atoms with Gasteiger partial charge in [-0.1, -0.05) is 30.4 Å². The van der Waals surface area contributed by atoms with Crippen molar-refractivity contribution in [2.24, 2.45) is 5.92 Å². The molecule has 4 nitrogen and oxygen atoms in total. The molecule has 2 N–H and O–H groups in total. The first-order chi connectivity index (χ1) is 12.2. The van der Waals surface area contributed by atoms with Crippen molar-refractivity contribution in [2.45, 2.75) is 25.3 Å². The topological polar surface area (TPSA) is 50.4 Å². The third-order valence-electron chi connectivity index (χ3n) is 5.16. The molecule has 0 fully saturated rings. The highest BCUT2D eigenvalue weighted by molar-refractivity contribution is 5.89. The second kappa shape index (κ2) is 6.28. The van der Waals surface area contributed by atoms with Crippen LogP contribution >= 0.6 is 0 Å². The summed E-state index contributed by atoms with van der Waals surface area (Å²) in [6.07, 6.45) is 5.59. The SMILES string of the molecule is COc1ccccc1C1Nc2ccc(NC(C)=O)cc2C2C=CCC21. The van der Waals surface area contributed by atoms with Crippen molar-refractivity contribution < 1.29 is 9.53 Å². The summed E-state index contributed by atoms with van der Waals surface area (Å²) >= 11 is 0. The molecule has 1 aliphatic carbocycles. The van der Waals surface area contributed by atoms with E-state index in [4.69, 9.17) is 4.74 Å². The van der Waals surface area contributed by atoms with Gasteiger partial charge in [0.25, 0.3) is 0 Å². The molecule has 1 aliphatic heterocycles. The maximum Gasteiger partial charge on any atom is 0.221 e. The lowest BCUT2D eigenvalue weighted by Gasteiger charge is -2.38. The van der Waals surface area contributed by atoms with Crippen LogP contribution in [0.15, 0.2) is 54.6 Å². The number of hydrogen-bond donors (Lipinski definition) is 2. The van der Waals surface area contributed by atoms with Crippen LogP contribution in [0.4, 0.5) is 11.4 Å². The van der Waals surface area contributed by atoms with Gasteiger partial charge in [-0.15, -0.1) is 0 Å². The number of anilines is 2. The van der Waals surface area contributed by atoms with Crippen molar-refractivity contribution in [1.82, 2.24) is 0 Å². The molecular weight excluding hydrogens is 312 g/mol. The van der Waals surface area contributed by atoms with E-state index in [1.807, 2.05) is 18.2 Å². The fourth-order valence-corrected chi connectivity index (χ4v) is 4.11. The fraction of sp³-hybridized carbons (Fsp3) is 0.286. The van der Waals surface area contributed by atoms with Gasteiger partial charge >= 0.3 is 0 Å². The molecule has 128 valence electrons. The Hall–Kier alpha value is -2.75. The van der Waals surface area contributed by atoms with Gasteiger partial charge in [0.2, 0.25) is 5.91 Å². The Kier molecular flexibility index (Phi) is 3.96. The molecule has 1 amide bonds. The third-order valence-corrected chi connectivity index (χ3v) is 5.16.